The molecule has 1 aromatic carbocycles. The fraction of sp³-hybridized carbons (Fsp3) is 0.333. The third-order valence-electron chi connectivity index (χ3n) is 6.23. The summed E-state index contributed by atoms with van der Waals surface area (Å²) < 4.78 is 16.5. The zero-order chi connectivity index (χ0) is 24.5. The molecule has 2 aliphatic rings. The lowest BCUT2D eigenvalue weighted by atomic mass is 10.1. The molecule has 1 atom stereocenters. The monoisotopic (exact) mass is 495 g/mol. The second-order valence-electron chi connectivity index (χ2n) is 8.30. The second kappa shape index (κ2) is 9.35. The van der Waals surface area contributed by atoms with Crippen LogP contribution in [0.2, 0.25) is 5.02 Å². The Balaban J connectivity index is 1.25. The number of oxazole rings is 1. The summed E-state index contributed by atoms with van der Waals surface area (Å²) in [6.07, 6.45) is 1.63. The quantitative estimate of drug-likeness (QED) is 0.530. The molecule has 2 fully saturated rings. The minimum absolute atomic E-state index is 0.0733. The minimum Gasteiger partial charge on any atom is -0.495 e. The van der Waals surface area contributed by atoms with Gasteiger partial charge in [0, 0.05) is 44.2 Å². The van der Waals surface area contributed by atoms with Gasteiger partial charge in [0.1, 0.15) is 11.8 Å². The van der Waals surface area contributed by atoms with Crippen molar-refractivity contribution in [3.63, 3.8) is 0 Å². The number of benzene rings is 1. The van der Waals surface area contributed by atoms with Crippen LogP contribution in [0.25, 0.3) is 11.7 Å². The largest absolute Gasteiger partial charge is 0.495 e. The molecular weight excluding hydrogens is 474 g/mol. The van der Waals surface area contributed by atoms with E-state index in [1.165, 1.54) is 13.4 Å². The number of aromatic nitrogens is 1. The fourth-order valence-corrected chi connectivity index (χ4v) is 4.64. The zero-order valence-corrected chi connectivity index (χ0v) is 19.7. The molecular formula is C24H22ClN5O5. The van der Waals surface area contributed by atoms with Gasteiger partial charge in [-0.05, 0) is 30.3 Å². The van der Waals surface area contributed by atoms with Crippen LogP contribution in [0.5, 0.6) is 5.75 Å². The van der Waals surface area contributed by atoms with E-state index in [1.807, 2.05) is 4.90 Å². The third kappa shape index (κ3) is 4.31. The van der Waals surface area contributed by atoms with Gasteiger partial charge in [0.2, 0.25) is 23.4 Å². The Labute approximate surface area is 206 Å². The topological polar surface area (TPSA) is 116 Å². The number of ether oxygens (including phenoxy) is 1. The third-order valence-corrected chi connectivity index (χ3v) is 6.47. The summed E-state index contributed by atoms with van der Waals surface area (Å²) in [5.74, 6) is 0.891. The van der Waals surface area contributed by atoms with Crippen molar-refractivity contribution in [2.45, 2.75) is 6.42 Å². The Morgan fingerprint density at radius 1 is 1.26 bits per heavy atom. The first-order chi connectivity index (χ1) is 17.0. The Morgan fingerprint density at radius 3 is 2.74 bits per heavy atom. The maximum absolute atomic E-state index is 13.2. The van der Waals surface area contributed by atoms with Gasteiger partial charge in [0.05, 0.1) is 25.0 Å². The number of nitrogens with zero attached hydrogens (tertiary/aromatic N) is 5. The number of hydrogen-bond donors (Lipinski definition) is 0. The molecule has 2 saturated heterocycles. The van der Waals surface area contributed by atoms with Crippen molar-refractivity contribution in [1.82, 2.24) is 9.88 Å². The smallest absolute Gasteiger partial charge is 0.266 e. The van der Waals surface area contributed by atoms with Gasteiger partial charge in [-0.15, -0.1) is 0 Å². The van der Waals surface area contributed by atoms with Gasteiger partial charge >= 0.3 is 0 Å². The fourth-order valence-electron chi connectivity index (χ4n) is 4.47. The average molecular weight is 496 g/mol. The predicted molar refractivity (Wildman–Crippen MR) is 126 cm³/mol. The normalized spacial score (nSPS) is 18.1. The number of rotatable bonds is 5. The van der Waals surface area contributed by atoms with Gasteiger partial charge in [-0.25, -0.2) is 0 Å². The van der Waals surface area contributed by atoms with E-state index in [4.69, 9.17) is 25.2 Å². The van der Waals surface area contributed by atoms with Crippen LogP contribution in [-0.4, -0.2) is 61.5 Å². The molecule has 0 aliphatic carbocycles. The molecule has 0 saturated carbocycles. The number of methoxy groups -OCH3 is 1. The van der Waals surface area contributed by atoms with Gasteiger partial charge in [-0.2, -0.15) is 10.2 Å². The van der Waals surface area contributed by atoms with Crippen molar-refractivity contribution >= 4 is 35.0 Å². The van der Waals surface area contributed by atoms with E-state index >= 15 is 0 Å². The molecule has 2 amide bonds. The van der Waals surface area contributed by atoms with Crippen molar-refractivity contribution < 1.29 is 23.2 Å². The summed E-state index contributed by atoms with van der Waals surface area (Å²) in [7, 11) is 1.53. The summed E-state index contributed by atoms with van der Waals surface area (Å²) >= 11 is 6.13. The zero-order valence-electron chi connectivity index (χ0n) is 18.9. The molecule has 4 heterocycles. The number of furan rings is 1. The molecule has 10 nitrogen and oxygen atoms in total. The molecule has 2 aromatic heterocycles. The predicted octanol–water partition coefficient (Wildman–Crippen LogP) is 3.17. The van der Waals surface area contributed by atoms with E-state index in [2.05, 4.69) is 11.1 Å². The Morgan fingerprint density at radius 2 is 2.06 bits per heavy atom. The molecule has 2 aliphatic heterocycles. The van der Waals surface area contributed by atoms with Crippen LogP contribution in [0.3, 0.4) is 0 Å². The van der Waals surface area contributed by atoms with E-state index in [9.17, 15) is 14.9 Å². The number of carbonyl (C=O) groups excluding carboxylic acids is 2. The lowest BCUT2D eigenvalue weighted by Gasteiger charge is -2.35. The van der Waals surface area contributed by atoms with Gasteiger partial charge in [0.15, 0.2) is 5.76 Å². The van der Waals surface area contributed by atoms with E-state index in [0.29, 0.717) is 54.3 Å². The standard InChI is InChI=1S/C24H22ClN5O5/c1-33-19-5-4-16(25)12-18(19)30-14-15(11-21(30)31)23(32)28-6-8-29(9-7-28)24-17(13-26)27-22(35-24)20-3-2-10-34-20/h2-5,10,12,15H,6-9,11,14H2,1H3. The Bertz CT molecular complexity index is 1290. The molecule has 35 heavy (non-hydrogen) atoms. The van der Waals surface area contributed by atoms with Crippen molar-refractivity contribution in [2.75, 3.05) is 49.6 Å². The SMILES string of the molecule is COc1ccc(Cl)cc1N1CC(C(=O)N2CCN(c3oc(-c4ccco4)nc3C#N)CC2)CC1=O. The molecule has 180 valence electrons. The van der Waals surface area contributed by atoms with Gasteiger partial charge in [0.25, 0.3) is 5.89 Å². The summed E-state index contributed by atoms with van der Waals surface area (Å²) in [5.41, 5.74) is 0.732. The molecule has 0 N–H and O–H groups in total. The molecule has 0 bridgehead atoms. The molecule has 0 spiro atoms. The maximum Gasteiger partial charge on any atom is 0.266 e. The highest BCUT2D eigenvalue weighted by Gasteiger charge is 2.39. The first kappa shape index (κ1) is 22.8. The number of nitriles is 1. The summed E-state index contributed by atoms with van der Waals surface area (Å²) in [4.78, 5) is 35.4. The number of anilines is 2. The molecule has 5 rings (SSSR count). The summed E-state index contributed by atoms with van der Waals surface area (Å²) in [6, 6.07) is 10.5. The number of amides is 2. The lowest BCUT2D eigenvalue weighted by molar-refractivity contribution is -0.136. The van der Waals surface area contributed by atoms with Gasteiger partial charge in [-0.3, -0.25) is 9.59 Å². The van der Waals surface area contributed by atoms with Crippen LogP contribution < -0.4 is 14.5 Å². The molecule has 1 unspecified atom stereocenters. The Hall–Kier alpha value is -3.97. The highest BCUT2D eigenvalue weighted by atomic mass is 35.5. The van der Waals surface area contributed by atoms with Crippen LogP contribution >= 0.6 is 11.6 Å². The minimum atomic E-state index is -0.455. The van der Waals surface area contributed by atoms with Gasteiger partial charge in [-0.1, -0.05) is 11.6 Å². The first-order valence-corrected chi connectivity index (χ1v) is 11.5. The van der Waals surface area contributed by atoms with Crippen LogP contribution in [-0.2, 0) is 9.59 Å². The highest BCUT2D eigenvalue weighted by molar-refractivity contribution is 6.31. The number of piperazine rings is 1. The molecule has 3 aromatic rings. The molecule has 0 radical (unpaired) electrons. The first-order valence-electron chi connectivity index (χ1n) is 11.1. The number of carbonyl (C=O) groups is 2. The van der Waals surface area contributed by atoms with E-state index in [-0.39, 0.29) is 36.4 Å². The average Bonchev–Trinajstić information content (AvgIpc) is 3.63. The lowest BCUT2D eigenvalue weighted by Crippen LogP contribution is -2.50. The van der Waals surface area contributed by atoms with E-state index < -0.39 is 5.92 Å². The van der Waals surface area contributed by atoms with E-state index in [1.54, 1.807) is 40.1 Å². The highest BCUT2D eigenvalue weighted by Crippen LogP contribution is 2.36. The molecule has 11 heteroatoms. The van der Waals surface area contributed by atoms with Crippen LogP contribution in [0.15, 0.2) is 45.4 Å². The summed E-state index contributed by atoms with van der Waals surface area (Å²) in [5, 5.41) is 9.98. The van der Waals surface area contributed by atoms with Gasteiger partial charge < -0.3 is 28.3 Å². The van der Waals surface area contributed by atoms with Crippen LogP contribution in [0.4, 0.5) is 11.6 Å². The maximum atomic E-state index is 13.2. The van der Waals surface area contributed by atoms with Crippen LogP contribution in [0.1, 0.15) is 12.1 Å². The number of hydrogen-bond acceptors (Lipinski definition) is 8. The van der Waals surface area contributed by atoms with Crippen LogP contribution in [0, 0.1) is 17.2 Å². The van der Waals surface area contributed by atoms with Crippen molar-refractivity contribution in [2.24, 2.45) is 5.92 Å². The van der Waals surface area contributed by atoms with E-state index in [0.717, 1.165) is 0 Å². The van der Waals surface area contributed by atoms with Crippen molar-refractivity contribution in [1.29, 1.82) is 5.26 Å². The number of halogens is 1. The Kier molecular flexibility index (Phi) is 6.09. The van der Waals surface area contributed by atoms with Crippen molar-refractivity contribution in [3.05, 3.63) is 47.3 Å². The van der Waals surface area contributed by atoms with Crippen molar-refractivity contribution in [3.8, 4) is 23.5 Å². The summed E-state index contributed by atoms with van der Waals surface area (Å²) in [6.45, 7) is 2.08. The second-order valence-corrected chi connectivity index (χ2v) is 8.73.